The first-order chi connectivity index (χ1) is 15.4. The van der Waals surface area contributed by atoms with E-state index in [-0.39, 0.29) is 36.3 Å². The van der Waals surface area contributed by atoms with Gasteiger partial charge in [0.15, 0.2) is 5.82 Å². The lowest BCUT2D eigenvalue weighted by atomic mass is 10.0. The second kappa shape index (κ2) is 8.10. The Morgan fingerprint density at radius 3 is 2.70 bits per heavy atom. The molecule has 1 aliphatic heterocycles. The number of anilines is 2. The first-order valence-corrected chi connectivity index (χ1v) is 10.1. The van der Waals surface area contributed by atoms with Crippen LogP contribution in [0.5, 0.6) is 0 Å². The first-order valence-electron chi connectivity index (χ1n) is 9.69. The molecule has 1 aliphatic carbocycles. The molecule has 2 aliphatic rings. The molecule has 1 aromatic heterocycles. The number of nitrogens with one attached hydrogen (secondary N) is 1. The Kier molecular flexibility index (Phi) is 5.69. The van der Waals surface area contributed by atoms with Crippen LogP contribution in [0.2, 0.25) is 5.02 Å². The molecule has 1 saturated heterocycles. The van der Waals surface area contributed by atoms with Gasteiger partial charge in [0.05, 0.1) is 17.4 Å². The topological polar surface area (TPSA) is 85.8 Å². The van der Waals surface area contributed by atoms with Crippen molar-refractivity contribution < 1.29 is 36.6 Å². The summed E-state index contributed by atoms with van der Waals surface area (Å²) in [6.07, 6.45) is -6.09. The minimum Gasteiger partial charge on any atom is -0.388 e. The molecule has 1 fully saturated rings. The normalized spacial score (nSPS) is 20.1. The van der Waals surface area contributed by atoms with Gasteiger partial charge in [-0.3, -0.25) is 9.69 Å². The number of benzene rings is 1. The maximum absolute atomic E-state index is 14.4. The van der Waals surface area contributed by atoms with E-state index in [4.69, 9.17) is 11.6 Å². The number of aryl methyl sites for hydroxylation is 1. The Labute approximate surface area is 188 Å². The number of rotatable bonds is 3. The van der Waals surface area contributed by atoms with Crippen LogP contribution in [0.3, 0.4) is 0 Å². The Morgan fingerprint density at radius 2 is 2.03 bits per heavy atom. The van der Waals surface area contributed by atoms with Gasteiger partial charge in [-0.1, -0.05) is 11.6 Å². The molecular formula is C20H16ClF5N4O3. The van der Waals surface area contributed by atoms with E-state index in [0.29, 0.717) is 6.07 Å². The number of urea groups is 1. The van der Waals surface area contributed by atoms with E-state index in [1.54, 1.807) is 0 Å². The number of nitrogens with zero attached hydrogens (tertiary/aromatic N) is 3. The van der Waals surface area contributed by atoms with E-state index < -0.39 is 58.3 Å². The van der Waals surface area contributed by atoms with Gasteiger partial charge in [-0.2, -0.15) is 13.2 Å². The molecule has 33 heavy (non-hydrogen) atoms. The van der Waals surface area contributed by atoms with E-state index in [1.165, 1.54) is 0 Å². The van der Waals surface area contributed by atoms with E-state index in [2.05, 4.69) is 10.3 Å². The van der Waals surface area contributed by atoms with Crippen molar-refractivity contribution in [2.24, 2.45) is 0 Å². The summed E-state index contributed by atoms with van der Waals surface area (Å²) in [5, 5.41) is 11.5. The van der Waals surface area contributed by atoms with Crippen molar-refractivity contribution >= 4 is 35.0 Å². The summed E-state index contributed by atoms with van der Waals surface area (Å²) in [5.74, 6) is -3.55. The summed E-state index contributed by atoms with van der Waals surface area (Å²) < 4.78 is 68.9. The van der Waals surface area contributed by atoms with Gasteiger partial charge >= 0.3 is 12.2 Å². The zero-order valence-corrected chi connectivity index (χ0v) is 17.6. The van der Waals surface area contributed by atoms with Crippen LogP contribution < -0.4 is 15.1 Å². The van der Waals surface area contributed by atoms with Gasteiger partial charge in [0.1, 0.15) is 22.7 Å². The molecule has 1 aromatic carbocycles. The third kappa shape index (κ3) is 3.86. The summed E-state index contributed by atoms with van der Waals surface area (Å²) in [4.78, 5) is 31.2. The Hall–Kier alpha value is -2.99. The second-order valence-corrected chi connectivity index (χ2v) is 7.98. The van der Waals surface area contributed by atoms with Crippen molar-refractivity contribution in [1.29, 1.82) is 0 Å². The van der Waals surface area contributed by atoms with Crippen LogP contribution in [0.15, 0.2) is 18.2 Å². The van der Waals surface area contributed by atoms with E-state index in [9.17, 15) is 36.6 Å². The molecule has 13 heteroatoms. The number of fused-ring (bicyclic) bond motifs is 1. The van der Waals surface area contributed by atoms with Crippen molar-refractivity contribution in [3.63, 3.8) is 0 Å². The lowest BCUT2D eigenvalue weighted by Gasteiger charge is -2.27. The second-order valence-electron chi connectivity index (χ2n) is 7.60. The monoisotopic (exact) mass is 490 g/mol. The maximum atomic E-state index is 14.4. The zero-order valence-electron chi connectivity index (χ0n) is 16.9. The van der Waals surface area contributed by atoms with Crippen molar-refractivity contribution in [2.75, 3.05) is 23.4 Å². The molecule has 7 nitrogen and oxygen atoms in total. The van der Waals surface area contributed by atoms with Gasteiger partial charge in [0, 0.05) is 24.8 Å². The van der Waals surface area contributed by atoms with Crippen molar-refractivity contribution in [3.05, 3.63) is 51.7 Å². The molecule has 2 aromatic rings. The number of hydrogen-bond acceptors (Lipinski definition) is 4. The van der Waals surface area contributed by atoms with Crippen LogP contribution in [0.4, 0.5) is 38.3 Å². The standard InChI is InChI=1S/C20H16ClF5N4O3/c1-29(11-4-2-9(22)16(21)17(11)23)18(32)12-7-27-19(33)30(12)14-6-8(20(24,25)26)15-10(28-14)3-5-13(15)31/h2,4,6,12-13,31H,3,5,7H2,1H3,(H,27,33)/t12-,13?/m0/s1. The molecule has 4 rings (SSSR count). The number of amides is 3. The van der Waals surface area contributed by atoms with Crippen LogP contribution in [0.1, 0.15) is 29.3 Å². The molecule has 0 saturated carbocycles. The fraction of sp³-hybridized carbons (Fsp3) is 0.350. The third-order valence-corrected chi connectivity index (χ3v) is 5.98. The number of likely N-dealkylation sites (N-methyl/N-ethyl adjacent to an activating group) is 1. The van der Waals surface area contributed by atoms with E-state index >= 15 is 0 Å². The van der Waals surface area contributed by atoms with Crippen molar-refractivity contribution in [2.45, 2.75) is 31.2 Å². The maximum Gasteiger partial charge on any atom is 0.416 e. The predicted octanol–water partition coefficient (Wildman–Crippen LogP) is 3.57. The summed E-state index contributed by atoms with van der Waals surface area (Å²) in [6, 6.07) is 0.180. The molecule has 0 bridgehead atoms. The number of hydrogen-bond donors (Lipinski definition) is 2. The van der Waals surface area contributed by atoms with E-state index in [0.717, 1.165) is 29.0 Å². The summed E-state index contributed by atoms with van der Waals surface area (Å²) >= 11 is 5.56. The lowest BCUT2D eigenvalue weighted by Crippen LogP contribution is -2.47. The molecule has 2 heterocycles. The van der Waals surface area contributed by atoms with Gasteiger partial charge < -0.3 is 15.3 Å². The molecule has 2 atom stereocenters. The summed E-state index contributed by atoms with van der Waals surface area (Å²) in [5.41, 5.74) is -1.91. The fourth-order valence-corrected chi connectivity index (χ4v) is 4.17. The fourth-order valence-electron chi connectivity index (χ4n) is 4.01. The molecular weight excluding hydrogens is 475 g/mol. The number of alkyl halides is 3. The molecule has 2 N–H and O–H groups in total. The van der Waals surface area contributed by atoms with Gasteiger partial charge in [-0.05, 0) is 31.0 Å². The lowest BCUT2D eigenvalue weighted by molar-refractivity contribution is -0.139. The molecule has 1 unspecified atom stereocenters. The van der Waals surface area contributed by atoms with Crippen LogP contribution in [0, 0.1) is 11.6 Å². The van der Waals surface area contributed by atoms with Crippen LogP contribution in [0.25, 0.3) is 0 Å². The van der Waals surface area contributed by atoms with Gasteiger partial charge in [0.25, 0.3) is 5.91 Å². The summed E-state index contributed by atoms with van der Waals surface area (Å²) in [7, 11) is 1.16. The van der Waals surface area contributed by atoms with Crippen molar-refractivity contribution in [1.82, 2.24) is 10.3 Å². The van der Waals surface area contributed by atoms with Crippen LogP contribution in [-0.4, -0.2) is 41.7 Å². The minimum absolute atomic E-state index is 0.0251. The molecule has 3 amide bonds. The highest BCUT2D eigenvalue weighted by atomic mass is 35.5. The number of carbonyl (C=O) groups excluding carboxylic acids is 2. The van der Waals surface area contributed by atoms with Crippen molar-refractivity contribution in [3.8, 4) is 0 Å². The molecule has 176 valence electrons. The quantitative estimate of drug-likeness (QED) is 0.509. The SMILES string of the molecule is CN(C(=O)[C@@H]1CNC(=O)N1c1cc(C(F)(F)F)c2c(n1)CCC2O)c1ccc(F)c(Cl)c1F. The van der Waals surface area contributed by atoms with E-state index in [1.807, 2.05) is 0 Å². The Morgan fingerprint density at radius 1 is 1.33 bits per heavy atom. The Balaban J connectivity index is 1.74. The highest BCUT2D eigenvalue weighted by Gasteiger charge is 2.44. The third-order valence-electron chi connectivity index (χ3n) is 5.63. The average Bonchev–Trinajstić information content (AvgIpc) is 3.32. The van der Waals surface area contributed by atoms with Crippen LogP contribution >= 0.6 is 11.6 Å². The number of halogens is 6. The largest absolute Gasteiger partial charge is 0.416 e. The number of aliphatic hydroxyl groups excluding tert-OH is 1. The number of aromatic nitrogens is 1. The average molecular weight is 491 g/mol. The number of carbonyl (C=O) groups is 2. The summed E-state index contributed by atoms with van der Waals surface area (Å²) in [6.45, 7) is -0.290. The minimum atomic E-state index is -4.84. The Bertz CT molecular complexity index is 1160. The van der Waals surface area contributed by atoms with Gasteiger partial charge in [-0.25, -0.2) is 18.6 Å². The predicted molar refractivity (Wildman–Crippen MR) is 107 cm³/mol. The zero-order chi connectivity index (χ0) is 24.2. The number of pyridine rings is 1. The molecule has 0 spiro atoms. The first kappa shape index (κ1) is 23.2. The highest BCUT2D eigenvalue weighted by molar-refractivity contribution is 6.31. The van der Waals surface area contributed by atoms with Gasteiger partial charge in [-0.15, -0.1) is 0 Å². The highest BCUT2D eigenvalue weighted by Crippen LogP contribution is 2.43. The molecule has 0 radical (unpaired) electrons. The smallest absolute Gasteiger partial charge is 0.388 e. The van der Waals surface area contributed by atoms with Gasteiger partial charge in [0.2, 0.25) is 0 Å². The van der Waals surface area contributed by atoms with Crippen LogP contribution in [-0.2, 0) is 17.4 Å². The number of aliphatic hydroxyl groups is 1.